The minimum Gasteiger partial charge on any atom is -0.374 e. The van der Waals surface area contributed by atoms with Crippen molar-refractivity contribution >= 4 is 0 Å². The number of rotatable bonds is 5. The van der Waals surface area contributed by atoms with Crippen LogP contribution in [0.2, 0.25) is 0 Å². The highest BCUT2D eigenvalue weighted by Crippen LogP contribution is 2.14. The highest BCUT2D eigenvalue weighted by Gasteiger charge is 2.21. The van der Waals surface area contributed by atoms with Crippen molar-refractivity contribution < 1.29 is 4.74 Å². The molecule has 0 saturated carbocycles. The Kier molecular flexibility index (Phi) is 4.63. The van der Waals surface area contributed by atoms with E-state index in [1.54, 1.807) is 6.20 Å². The molecular weight excluding hydrogens is 314 g/mol. The molecule has 3 heterocycles. The van der Waals surface area contributed by atoms with E-state index in [1.165, 1.54) is 11.1 Å². The number of aromatic nitrogens is 4. The lowest BCUT2D eigenvalue weighted by Gasteiger charge is -2.33. The van der Waals surface area contributed by atoms with Gasteiger partial charge in [-0.3, -0.25) is 9.58 Å². The van der Waals surface area contributed by atoms with Crippen molar-refractivity contribution in [2.75, 3.05) is 19.7 Å². The molecule has 25 heavy (non-hydrogen) atoms. The average Bonchev–Trinajstić information content (AvgIpc) is 3.28. The van der Waals surface area contributed by atoms with Gasteiger partial charge in [0.15, 0.2) is 0 Å². The smallest absolute Gasteiger partial charge is 0.0991 e. The summed E-state index contributed by atoms with van der Waals surface area (Å²) in [5, 5.41) is 4.36. The molecule has 1 atom stereocenters. The lowest BCUT2D eigenvalue weighted by Crippen LogP contribution is -2.43. The third kappa shape index (κ3) is 3.97. The van der Waals surface area contributed by atoms with Gasteiger partial charge in [0.1, 0.15) is 0 Å². The van der Waals surface area contributed by atoms with Crippen LogP contribution in [0.5, 0.6) is 0 Å². The molecule has 1 saturated heterocycles. The van der Waals surface area contributed by atoms with Gasteiger partial charge in [0.2, 0.25) is 0 Å². The zero-order valence-electron chi connectivity index (χ0n) is 14.5. The summed E-state index contributed by atoms with van der Waals surface area (Å²) in [7, 11) is 0. The van der Waals surface area contributed by atoms with Crippen LogP contribution in [0.1, 0.15) is 11.1 Å². The second-order valence-electron chi connectivity index (χ2n) is 6.60. The first-order chi connectivity index (χ1) is 12.3. The van der Waals surface area contributed by atoms with Gasteiger partial charge in [0.05, 0.1) is 31.8 Å². The van der Waals surface area contributed by atoms with Crippen molar-refractivity contribution in [2.24, 2.45) is 0 Å². The van der Waals surface area contributed by atoms with Gasteiger partial charge in [-0.15, -0.1) is 0 Å². The molecule has 6 heteroatoms. The van der Waals surface area contributed by atoms with Crippen LogP contribution < -0.4 is 0 Å². The molecular formula is C19H23N5O. The highest BCUT2D eigenvalue weighted by atomic mass is 16.5. The fourth-order valence-electron chi connectivity index (χ4n) is 3.25. The second kappa shape index (κ2) is 7.21. The predicted octanol–water partition coefficient (Wildman–Crippen LogP) is 2.28. The first kappa shape index (κ1) is 16.1. The molecule has 1 aromatic carbocycles. The van der Waals surface area contributed by atoms with Crippen LogP contribution in [-0.4, -0.2) is 50.0 Å². The van der Waals surface area contributed by atoms with E-state index in [2.05, 4.69) is 52.4 Å². The van der Waals surface area contributed by atoms with Crippen LogP contribution in [0.25, 0.3) is 5.69 Å². The Bertz CT molecular complexity index is 794. The topological polar surface area (TPSA) is 48.1 Å². The highest BCUT2D eigenvalue weighted by molar-refractivity contribution is 5.34. The van der Waals surface area contributed by atoms with Crippen molar-refractivity contribution in [2.45, 2.75) is 26.1 Å². The summed E-state index contributed by atoms with van der Waals surface area (Å²) < 4.78 is 9.90. The number of aryl methyl sites for hydroxylation is 1. The maximum atomic E-state index is 5.91. The standard InChI is InChI=1S/C19H23N5O/c1-16-10-21-24(11-16)14-19-13-22(8-9-25-19)12-17-2-4-18(5-3-17)23-7-6-20-15-23/h2-7,10-11,15,19H,8-9,12-14H2,1H3/t19-/m0/s1. The normalized spacial score (nSPS) is 18.5. The van der Waals surface area contributed by atoms with Crippen molar-refractivity contribution in [3.8, 4) is 5.69 Å². The molecule has 3 aromatic rings. The van der Waals surface area contributed by atoms with Gasteiger partial charge in [0.25, 0.3) is 0 Å². The van der Waals surface area contributed by atoms with Gasteiger partial charge in [-0.05, 0) is 30.2 Å². The number of ether oxygens (including phenoxy) is 1. The molecule has 0 amide bonds. The van der Waals surface area contributed by atoms with E-state index in [1.807, 2.05) is 28.0 Å². The van der Waals surface area contributed by atoms with Crippen molar-refractivity contribution in [3.05, 3.63) is 66.5 Å². The number of imidazole rings is 1. The number of benzene rings is 1. The van der Waals surface area contributed by atoms with Crippen molar-refractivity contribution in [1.82, 2.24) is 24.2 Å². The largest absolute Gasteiger partial charge is 0.374 e. The summed E-state index contributed by atoms with van der Waals surface area (Å²) in [6, 6.07) is 8.66. The van der Waals surface area contributed by atoms with E-state index in [0.717, 1.165) is 38.5 Å². The molecule has 0 spiro atoms. The monoisotopic (exact) mass is 337 g/mol. The maximum Gasteiger partial charge on any atom is 0.0991 e. The van der Waals surface area contributed by atoms with Gasteiger partial charge in [-0.25, -0.2) is 4.98 Å². The Morgan fingerprint density at radius 3 is 2.84 bits per heavy atom. The minimum absolute atomic E-state index is 0.193. The van der Waals surface area contributed by atoms with Gasteiger partial charge in [0, 0.05) is 43.9 Å². The molecule has 0 bridgehead atoms. The van der Waals surface area contributed by atoms with Crippen molar-refractivity contribution in [1.29, 1.82) is 0 Å². The molecule has 1 aliphatic rings. The Morgan fingerprint density at radius 1 is 1.24 bits per heavy atom. The molecule has 0 aliphatic carbocycles. The summed E-state index contributed by atoms with van der Waals surface area (Å²) in [4.78, 5) is 6.55. The molecule has 6 nitrogen and oxygen atoms in total. The van der Waals surface area contributed by atoms with Crippen LogP contribution in [0.3, 0.4) is 0 Å². The van der Waals surface area contributed by atoms with E-state index < -0.39 is 0 Å². The Morgan fingerprint density at radius 2 is 2.12 bits per heavy atom. The zero-order chi connectivity index (χ0) is 17.1. The quantitative estimate of drug-likeness (QED) is 0.717. The van der Waals surface area contributed by atoms with E-state index in [9.17, 15) is 0 Å². The number of nitrogens with zero attached hydrogens (tertiary/aromatic N) is 5. The number of hydrogen-bond donors (Lipinski definition) is 0. The Hall–Kier alpha value is -2.44. The number of hydrogen-bond acceptors (Lipinski definition) is 4. The van der Waals surface area contributed by atoms with E-state index in [0.29, 0.717) is 0 Å². The lowest BCUT2D eigenvalue weighted by molar-refractivity contribution is -0.0402. The van der Waals surface area contributed by atoms with Crippen molar-refractivity contribution in [3.63, 3.8) is 0 Å². The molecule has 4 rings (SSSR count). The SMILES string of the molecule is Cc1cnn(C[C@@H]2CN(Cc3ccc(-n4ccnc4)cc3)CCO2)c1. The Balaban J connectivity index is 1.35. The van der Waals surface area contributed by atoms with Gasteiger partial charge in [-0.1, -0.05) is 12.1 Å². The molecule has 0 N–H and O–H groups in total. The van der Waals surface area contributed by atoms with Gasteiger partial charge >= 0.3 is 0 Å². The lowest BCUT2D eigenvalue weighted by atomic mass is 10.1. The third-order valence-electron chi connectivity index (χ3n) is 4.52. The summed E-state index contributed by atoms with van der Waals surface area (Å²) in [5.74, 6) is 0. The van der Waals surface area contributed by atoms with Crippen LogP contribution in [-0.2, 0) is 17.8 Å². The predicted molar refractivity (Wildman–Crippen MR) is 95.5 cm³/mol. The summed E-state index contributed by atoms with van der Waals surface area (Å²) in [6.45, 7) is 6.50. The fourth-order valence-corrected chi connectivity index (χ4v) is 3.25. The average molecular weight is 337 g/mol. The van der Waals surface area contributed by atoms with Gasteiger partial charge in [-0.2, -0.15) is 5.10 Å². The zero-order valence-corrected chi connectivity index (χ0v) is 14.5. The molecule has 2 aromatic heterocycles. The third-order valence-corrected chi connectivity index (χ3v) is 4.52. The molecule has 130 valence electrons. The molecule has 0 unspecified atom stereocenters. The van der Waals surface area contributed by atoms with E-state index in [4.69, 9.17) is 4.74 Å². The maximum absolute atomic E-state index is 5.91. The van der Waals surface area contributed by atoms with E-state index in [-0.39, 0.29) is 6.10 Å². The fraction of sp³-hybridized carbons (Fsp3) is 0.368. The molecule has 1 fully saturated rings. The second-order valence-corrected chi connectivity index (χ2v) is 6.60. The summed E-state index contributed by atoms with van der Waals surface area (Å²) >= 11 is 0. The minimum atomic E-state index is 0.193. The summed E-state index contributed by atoms with van der Waals surface area (Å²) in [5.41, 5.74) is 3.64. The molecule has 0 radical (unpaired) electrons. The summed E-state index contributed by atoms with van der Waals surface area (Å²) in [6.07, 6.45) is 9.72. The van der Waals surface area contributed by atoms with Crippen LogP contribution >= 0.6 is 0 Å². The van der Waals surface area contributed by atoms with Crippen LogP contribution in [0, 0.1) is 6.92 Å². The first-order valence-corrected chi connectivity index (χ1v) is 8.66. The van der Waals surface area contributed by atoms with E-state index >= 15 is 0 Å². The van der Waals surface area contributed by atoms with Crippen LogP contribution in [0.4, 0.5) is 0 Å². The first-order valence-electron chi connectivity index (χ1n) is 8.66. The van der Waals surface area contributed by atoms with Gasteiger partial charge < -0.3 is 9.30 Å². The number of morpholine rings is 1. The molecule has 1 aliphatic heterocycles. The Labute approximate surface area is 147 Å². The van der Waals surface area contributed by atoms with Crippen LogP contribution in [0.15, 0.2) is 55.4 Å².